The highest BCUT2D eigenvalue weighted by Gasteiger charge is 2.26. The van der Waals surface area contributed by atoms with E-state index in [1.54, 1.807) is 4.90 Å². The first-order valence-corrected chi connectivity index (χ1v) is 7.22. The second kappa shape index (κ2) is 7.47. The standard InChI is InChI=1S/C14H26N2O4/c1-4-20-14(2,3)10-15-13(19)16-7-5-6-11(9-16)8-12(17)18/h11H,4-10H2,1-3H3,(H,15,19)(H,17,18). The number of hydrogen-bond donors (Lipinski definition) is 2. The van der Waals surface area contributed by atoms with E-state index in [4.69, 9.17) is 9.84 Å². The molecule has 1 heterocycles. The van der Waals surface area contributed by atoms with Crippen molar-refractivity contribution < 1.29 is 19.4 Å². The molecule has 1 atom stereocenters. The Bertz CT molecular complexity index is 344. The number of carbonyl (C=O) groups excluding carboxylic acids is 1. The number of ether oxygens (including phenoxy) is 1. The lowest BCUT2D eigenvalue weighted by Crippen LogP contribution is -2.49. The summed E-state index contributed by atoms with van der Waals surface area (Å²) in [5.74, 6) is -0.735. The quantitative estimate of drug-likeness (QED) is 0.779. The van der Waals surface area contributed by atoms with Crippen LogP contribution in [-0.2, 0) is 9.53 Å². The van der Waals surface area contributed by atoms with Gasteiger partial charge in [0.05, 0.1) is 5.60 Å². The molecule has 0 aromatic heterocycles. The SMILES string of the molecule is CCOC(C)(C)CNC(=O)N1CCCC(CC(=O)O)C1. The maximum Gasteiger partial charge on any atom is 0.317 e. The van der Waals surface area contributed by atoms with Gasteiger partial charge in [0, 0.05) is 32.7 Å². The number of nitrogens with zero attached hydrogens (tertiary/aromatic N) is 1. The summed E-state index contributed by atoms with van der Waals surface area (Å²) >= 11 is 0. The van der Waals surface area contributed by atoms with Crippen LogP contribution < -0.4 is 5.32 Å². The second-order valence-corrected chi connectivity index (χ2v) is 5.90. The first-order chi connectivity index (χ1) is 9.34. The van der Waals surface area contributed by atoms with E-state index >= 15 is 0 Å². The zero-order valence-electron chi connectivity index (χ0n) is 12.6. The minimum Gasteiger partial charge on any atom is -0.481 e. The molecule has 1 rings (SSSR count). The van der Waals surface area contributed by atoms with Gasteiger partial charge in [-0.3, -0.25) is 4.79 Å². The smallest absolute Gasteiger partial charge is 0.317 e. The fraction of sp³-hybridized carbons (Fsp3) is 0.857. The van der Waals surface area contributed by atoms with Crippen LogP contribution in [0.4, 0.5) is 4.79 Å². The Morgan fingerprint density at radius 3 is 2.75 bits per heavy atom. The van der Waals surface area contributed by atoms with Crippen LogP contribution in [0.15, 0.2) is 0 Å². The molecule has 116 valence electrons. The Balaban J connectivity index is 2.41. The molecular weight excluding hydrogens is 260 g/mol. The molecule has 6 nitrogen and oxygen atoms in total. The third kappa shape index (κ3) is 5.77. The molecule has 0 aromatic rings. The summed E-state index contributed by atoms with van der Waals surface area (Å²) in [5.41, 5.74) is -0.388. The van der Waals surface area contributed by atoms with Crippen molar-refractivity contribution >= 4 is 12.0 Å². The van der Waals surface area contributed by atoms with Crippen LogP contribution in [0.25, 0.3) is 0 Å². The molecule has 2 amide bonds. The molecule has 0 saturated carbocycles. The first kappa shape index (κ1) is 16.8. The van der Waals surface area contributed by atoms with Gasteiger partial charge in [-0.25, -0.2) is 4.79 Å². The maximum absolute atomic E-state index is 12.1. The van der Waals surface area contributed by atoms with Gasteiger partial charge in [0.15, 0.2) is 0 Å². The number of carbonyl (C=O) groups is 2. The van der Waals surface area contributed by atoms with Gasteiger partial charge in [-0.2, -0.15) is 0 Å². The average molecular weight is 286 g/mol. The van der Waals surface area contributed by atoms with Gasteiger partial charge in [0.25, 0.3) is 0 Å². The molecule has 20 heavy (non-hydrogen) atoms. The number of nitrogens with one attached hydrogen (secondary N) is 1. The van der Waals surface area contributed by atoms with Gasteiger partial charge in [0.1, 0.15) is 0 Å². The number of likely N-dealkylation sites (tertiary alicyclic amines) is 1. The number of urea groups is 1. The molecule has 0 bridgehead atoms. The van der Waals surface area contributed by atoms with E-state index in [9.17, 15) is 9.59 Å². The van der Waals surface area contributed by atoms with Crippen LogP contribution >= 0.6 is 0 Å². The maximum atomic E-state index is 12.1. The summed E-state index contributed by atoms with van der Waals surface area (Å²) in [6.07, 6.45) is 1.87. The number of carboxylic acid groups (broad SMARTS) is 1. The Labute approximate surface area is 120 Å². The first-order valence-electron chi connectivity index (χ1n) is 7.22. The fourth-order valence-corrected chi connectivity index (χ4v) is 2.51. The van der Waals surface area contributed by atoms with Crippen LogP contribution in [0, 0.1) is 5.92 Å². The van der Waals surface area contributed by atoms with E-state index in [2.05, 4.69) is 5.32 Å². The van der Waals surface area contributed by atoms with Crippen molar-refractivity contribution in [1.29, 1.82) is 0 Å². The Morgan fingerprint density at radius 1 is 1.45 bits per heavy atom. The van der Waals surface area contributed by atoms with Crippen LogP contribution in [0.1, 0.15) is 40.0 Å². The highest BCUT2D eigenvalue weighted by Crippen LogP contribution is 2.19. The highest BCUT2D eigenvalue weighted by molar-refractivity contribution is 5.74. The van der Waals surface area contributed by atoms with Gasteiger partial charge < -0.3 is 20.1 Å². The number of amides is 2. The normalized spacial score (nSPS) is 19.8. The summed E-state index contributed by atoms with van der Waals surface area (Å²) < 4.78 is 5.53. The van der Waals surface area contributed by atoms with E-state index in [0.717, 1.165) is 12.8 Å². The minimum atomic E-state index is -0.797. The Hall–Kier alpha value is -1.30. The molecule has 0 aliphatic carbocycles. The summed E-state index contributed by atoms with van der Waals surface area (Å²) in [4.78, 5) is 24.5. The topological polar surface area (TPSA) is 78.9 Å². The lowest BCUT2D eigenvalue weighted by molar-refractivity contribution is -0.138. The molecule has 1 aliphatic heterocycles. The molecule has 0 spiro atoms. The Morgan fingerprint density at radius 2 is 2.15 bits per heavy atom. The van der Waals surface area contributed by atoms with Gasteiger partial charge in [-0.05, 0) is 39.5 Å². The second-order valence-electron chi connectivity index (χ2n) is 5.90. The van der Waals surface area contributed by atoms with Crippen LogP contribution in [0.5, 0.6) is 0 Å². The van der Waals surface area contributed by atoms with Gasteiger partial charge in [-0.1, -0.05) is 0 Å². The monoisotopic (exact) mass is 286 g/mol. The lowest BCUT2D eigenvalue weighted by Gasteiger charge is -2.33. The third-order valence-corrected chi connectivity index (χ3v) is 3.47. The lowest BCUT2D eigenvalue weighted by atomic mass is 9.95. The Kier molecular flexibility index (Phi) is 6.26. The molecule has 1 aliphatic rings. The van der Waals surface area contributed by atoms with Crippen molar-refractivity contribution in [3.8, 4) is 0 Å². The van der Waals surface area contributed by atoms with E-state index in [1.807, 2.05) is 20.8 Å². The van der Waals surface area contributed by atoms with Crippen molar-refractivity contribution in [2.45, 2.75) is 45.6 Å². The van der Waals surface area contributed by atoms with Crippen molar-refractivity contribution in [2.24, 2.45) is 5.92 Å². The number of rotatable bonds is 6. The number of carboxylic acids is 1. The summed E-state index contributed by atoms with van der Waals surface area (Å²) in [7, 11) is 0. The van der Waals surface area contributed by atoms with Crippen LogP contribution in [-0.4, -0.2) is 53.8 Å². The molecule has 0 aromatic carbocycles. The van der Waals surface area contributed by atoms with Crippen molar-refractivity contribution in [1.82, 2.24) is 10.2 Å². The van der Waals surface area contributed by atoms with Crippen molar-refractivity contribution in [3.05, 3.63) is 0 Å². The van der Waals surface area contributed by atoms with Crippen LogP contribution in [0.3, 0.4) is 0 Å². The van der Waals surface area contributed by atoms with Gasteiger partial charge in [-0.15, -0.1) is 0 Å². The highest BCUT2D eigenvalue weighted by atomic mass is 16.5. The summed E-state index contributed by atoms with van der Waals surface area (Å²) in [6.45, 7) is 8.04. The number of aliphatic carboxylic acids is 1. The van der Waals surface area contributed by atoms with E-state index in [1.165, 1.54) is 0 Å². The third-order valence-electron chi connectivity index (χ3n) is 3.47. The molecule has 1 unspecified atom stereocenters. The fourth-order valence-electron chi connectivity index (χ4n) is 2.51. The predicted molar refractivity (Wildman–Crippen MR) is 75.7 cm³/mol. The van der Waals surface area contributed by atoms with Crippen molar-refractivity contribution in [3.63, 3.8) is 0 Å². The summed E-state index contributed by atoms with van der Waals surface area (Å²) in [5, 5.41) is 11.7. The molecule has 2 N–H and O–H groups in total. The van der Waals surface area contributed by atoms with Gasteiger partial charge >= 0.3 is 12.0 Å². The molecule has 0 radical (unpaired) electrons. The molecule has 1 fully saturated rings. The predicted octanol–water partition coefficient (Wildman–Crippen LogP) is 1.70. The van der Waals surface area contributed by atoms with E-state index in [0.29, 0.717) is 26.2 Å². The zero-order valence-corrected chi connectivity index (χ0v) is 12.6. The zero-order chi connectivity index (χ0) is 15.2. The minimum absolute atomic E-state index is 0.0619. The van der Waals surface area contributed by atoms with Crippen LogP contribution in [0.2, 0.25) is 0 Å². The summed E-state index contributed by atoms with van der Waals surface area (Å²) in [6, 6.07) is -0.132. The van der Waals surface area contributed by atoms with E-state index < -0.39 is 5.97 Å². The van der Waals surface area contributed by atoms with Gasteiger partial charge in [0.2, 0.25) is 0 Å². The average Bonchev–Trinajstić information content (AvgIpc) is 2.35. The largest absolute Gasteiger partial charge is 0.481 e. The molecule has 6 heteroatoms. The molecular formula is C14H26N2O4. The molecule has 1 saturated heterocycles. The van der Waals surface area contributed by atoms with E-state index in [-0.39, 0.29) is 24.0 Å². The number of hydrogen-bond acceptors (Lipinski definition) is 3. The number of piperidine rings is 1. The van der Waals surface area contributed by atoms with Crippen molar-refractivity contribution in [2.75, 3.05) is 26.2 Å².